The average molecular weight is 599 g/mol. The van der Waals surface area contributed by atoms with E-state index < -0.39 is 11.6 Å². The number of nitrogens with zero attached hydrogens (tertiary/aromatic N) is 4. The zero-order valence-electron chi connectivity index (χ0n) is 25.9. The molecular weight excluding hydrogens is 558 g/mol. The number of nitrogens with one attached hydrogen (secondary N) is 1. The molecule has 2 heterocycles. The second kappa shape index (κ2) is 13.8. The molecule has 0 amide bonds. The predicted octanol–water partition coefficient (Wildman–Crippen LogP) is 8.56. The Morgan fingerprint density at radius 1 is 1.07 bits per heavy atom. The lowest BCUT2D eigenvalue weighted by Gasteiger charge is -2.17. The number of unbranched alkanes of at least 4 members (excludes halogenated alkanes) is 1. The van der Waals surface area contributed by atoms with Crippen LogP contribution < -0.4 is 15.8 Å². The number of halogens is 2. The van der Waals surface area contributed by atoms with Crippen molar-refractivity contribution in [2.75, 3.05) is 17.7 Å². The maximum atomic E-state index is 15.1. The number of benzene rings is 2. The van der Waals surface area contributed by atoms with Gasteiger partial charge in [0.25, 0.3) is 0 Å². The summed E-state index contributed by atoms with van der Waals surface area (Å²) in [6.07, 6.45) is 7.07. The first-order valence-electron chi connectivity index (χ1n) is 15.3. The molecule has 7 nitrogen and oxygen atoms in total. The Kier molecular flexibility index (Phi) is 9.72. The van der Waals surface area contributed by atoms with Crippen LogP contribution in [0.5, 0.6) is 5.75 Å². The Morgan fingerprint density at radius 3 is 2.57 bits per heavy atom. The maximum absolute atomic E-state index is 15.1. The molecule has 0 unspecified atom stereocenters. The van der Waals surface area contributed by atoms with E-state index in [0.29, 0.717) is 18.1 Å². The third-order valence-electron chi connectivity index (χ3n) is 7.99. The van der Waals surface area contributed by atoms with Crippen LogP contribution in [0.1, 0.15) is 77.5 Å². The number of aliphatic imine (C=N–C) groups is 1. The van der Waals surface area contributed by atoms with Gasteiger partial charge < -0.3 is 15.8 Å². The molecule has 0 radical (unpaired) electrons. The molecule has 2 aromatic heterocycles. The number of hydrogen-bond donors (Lipinski definition) is 2. The summed E-state index contributed by atoms with van der Waals surface area (Å²) in [5.41, 5.74) is 13.4. The summed E-state index contributed by atoms with van der Waals surface area (Å²) in [6, 6.07) is 13.9. The van der Waals surface area contributed by atoms with Crippen LogP contribution in [-0.4, -0.2) is 27.1 Å². The first kappa shape index (κ1) is 30.9. The fourth-order valence-electron chi connectivity index (χ4n) is 5.48. The SMILES string of the molecule is CCCCOc1cc(F)c(Cn2nc(C(C)=NC3=C(/C(Nc4ccnc(N)c4)=C(/C)CC)CCC3)c3ccccc32)c(F)c1. The molecule has 44 heavy (non-hydrogen) atoms. The molecule has 4 aromatic rings. The van der Waals surface area contributed by atoms with Crippen molar-refractivity contribution in [3.8, 4) is 5.75 Å². The van der Waals surface area contributed by atoms with Gasteiger partial charge in [-0.2, -0.15) is 5.10 Å². The summed E-state index contributed by atoms with van der Waals surface area (Å²) in [4.78, 5) is 9.23. The van der Waals surface area contributed by atoms with Crippen LogP contribution in [0.3, 0.4) is 0 Å². The maximum Gasteiger partial charge on any atom is 0.134 e. The molecule has 1 aliphatic rings. The van der Waals surface area contributed by atoms with Crippen LogP contribution in [0.15, 0.2) is 82.3 Å². The minimum atomic E-state index is -0.655. The van der Waals surface area contributed by atoms with Crippen LogP contribution in [0.2, 0.25) is 0 Å². The number of aromatic nitrogens is 3. The van der Waals surface area contributed by atoms with E-state index in [0.717, 1.165) is 72.2 Å². The fraction of sp³-hybridized carbons (Fsp3) is 0.343. The number of nitrogens with two attached hydrogens (primary N) is 1. The Balaban J connectivity index is 1.49. The molecule has 0 saturated heterocycles. The van der Waals surface area contributed by atoms with Crippen molar-refractivity contribution in [1.29, 1.82) is 0 Å². The van der Waals surface area contributed by atoms with Gasteiger partial charge >= 0.3 is 0 Å². The number of allylic oxidation sites excluding steroid dienone is 3. The minimum Gasteiger partial charge on any atom is -0.493 e. The molecular formula is C35H40F2N6O. The van der Waals surface area contributed by atoms with Gasteiger partial charge in [0.1, 0.15) is 28.9 Å². The molecule has 0 fully saturated rings. The quantitative estimate of drug-likeness (QED) is 0.126. The summed E-state index contributed by atoms with van der Waals surface area (Å²) >= 11 is 0. The number of ether oxygens (including phenoxy) is 1. The molecule has 3 N–H and O–H groups in total. The highest BCUT2D eigenvalue weighted by molar-refractivity contribution is 6.08. The molecule has 5 rings (SSSR count). The molecule has 0 saturated carbocycles. The van der Waals surface area contributed by atoms with Gasteiger partial charge in [0.15, 0.2) is 0 Å². The van der Waals surface area contributed by atoms with Crippen LogP contribution in [-0.2, 0) is 6.54 Å². The van der Waals surface area contributed by atoms with Crippen molar-refractivity contribution in [3.05, 3.63) is 100 Å². The van der Waals surface area contributed by atoms with Crippen molar-refractivity contribution in [1.82, 2.24) is 14.8 Å². The van der Waals surface area contributed by atoms with Gasteiger partial charge in [0.2, 0.25) is 0 Å². The molecule has 0 aliphatic heterocycles. The van der Waals surface area contributed by atoms with Crippen molar-refractivity contribution in [3.63, 3.8) is 0 Å². The van der Waals surface area contributed by atoms with E-state index in [4.69, 9.17) is 20.6 Å². The molecule has 2 aromatic carbocycles. The van der Waals surface area contributed by atoms with Gasteiger partial charge in [-0.3, -0.25) is 9.67 Å². The summed E-state index contributed by atoms with van der Waals surface area (Å²) < 4.78 is 37.4. The average Bonchev–Trinajstić information content (AvgIpc) is 3.62. The molecule has 0 bridgehead atoms. The van der Waals surface area contributed by atoms with Crippen molar-refractivity contribution in [2.45, 2.75) is 72.8 Å². The molecule has 9 heteroatoms. The Bertz CT molecular complexity index is 1730. The number of fused-ring (bicyclic) bond motifs is 1. The van der Waals surface area contributed by atoms with Crippen LogP contribution in [0.25, 0.3) is 10.9 Å². The Morgan fingerprint density at radius 2 is 1.84 bits per heavy atom. The number of nitrogen functional groups attached to an aromatic ring is 1. The minimum absolute atomic E-state index is 0.0593. The first-order chi connectivity index (χ1) is 21.3. The second-order valence-corrected chi connectivity index (χ2v) is 11.2. The van der Waals surface area contributed by atoms with Gasteiger partial charge in [0, 0.05) is 52.4 Å². The smallest absolute Gasteiger partial charge is 0.134 e. The lowest BCUT2D eigenvalue weighted by Crippen LogP contribution is -2.09. The Labute approximate surface area is 257 Å². The van der Waals surface area contributed by atoms with Gasteiger partial charge in [-0.1, -0.05) is 38.5 Å². The topological polar surface area (TPSA) is 90.3 Å². The van der Waals surface area contributed by atoms with E-state index in [9.17, 15) is 0 Å². The van der Waals surface area contributed by atoms with Crippen molar-refractivity contribution in [2.24, 2.45) is 4.99 Å². The highest BCUT2D eigenvalue weighted by Gasteiger charge is 2.22. The van der Waals surface area contributed by atoms with E-state index in [1.165, 1.54) is 23.3 Å². The van der Waals surface area contributed by atoms with Crippen LogP contribution >= 0.6 is 0 Å². The molecule has 0 atom stereocenters. The van der Waals surface area contributed by atoms with Crippen LogP contribution in [0, 0.1) is 11.6 Å². The lowest BCUT2D eigenvalue weighted by molar-refractivity contribution is 0.305. The first-order valence-corrected chi connectivity index (χ1v) is 15.3. The molecule has 230 valence electrons. The third-order valence-corrected chi connectivity index (χ3v) is 7.99. The standard InChI is InChI=1S/C35H40F2N6O/c1-5-7-17-44-25-19-29(36)28(30(37)20-25)21-43-32-14-9-8-11-27(32)35(42-43)23(4)40-31-13-10-12-26(31)34(22(3)6-2)41-24-15-16-39-33(38)18-24/h8-9,11,14-16,18-20H,5-7,10,12-13,17,21H2,1-4H3,(H3,38,39,41)/b34-22+,40-23?. The van der Waals surface area contributed by atoms with E-state index in [2.05, 4.69) is 24.1 Å². The van der Waals surface area contributed by atoms with E-state index in [-0.39, 0.29) is 17.9 Å². The highest BCUT2D eigenvalue weighted by atomic mass is 19.1. The fourth-order valence-corrected chi connectivity index (χ4v) is 5.48. The van der Waals surface area contributed by atoms with Crippen molar-refractivity contribution >= 4 is 28.1 Å². The number of hydrogen-bond acceptors (Lipinski definition) is 6. The summed E-state index contributed by atoms with van der Waals surface area (Å²) in [6.45, 7) is 8.60. The number of anilines is 2. The van der Waals surface area contributed by atoms with Gasteiger partial charge in [0.05, 0.1) is 24.4 Å². The second-order valence-electron chi connectivity index (χ2n) is 11.2. The number of pyridine rings is 1. The number of rotatable bonds is 12. The normalized spacial score (nSPS) is 14.4. The van der Waals surface area contributed by atoms with E-state index in [1.54, 1.807) is 10.9 Å². The molecule has 1 aliphatic carbocycles. The number of para-hydroxylation sites is 1. The lowest BCUT2D eigenvalue weighted by atomic mass is 10.0. The summed E-state index contributed by atoms with van der Waals surface area (Å²) in [5, 5.41) is 9.29. The zero-order chi connectivity index (χ0) is 31.2. The monoisotopic (exact) mass is 598 g/mol. The van der Waals surface area contributed by atoms with E-state index in [1.807, 2.05) is 50.2 Å². The summed E-state index contributed by atoms with van der Waals surface area (Å²) in [7, 11) is 0. The van der Waals surface area contributed by atoms with Gasteiger partial charge in [-0.15, -0.1) is 0 Å². The van der Waals surface area contributed by atoms with Gasteiger partial charge in [-0.05, 0) is 69.2 Å². The van der Waals surface area contributed by atoms with Crippen LogP contribution in [0.4, 0.5) is 20.3 Å². The molecule has 0 spiro atoms. The largest absolute Gasteiger partial charge is 0.493 e. The summed E-state index contributed by atoms with van der Waals surface area (Å²) in [5.74, 6) is -0.660. The van der Waals surface area contributed by atoms with Crippen molar-refractivity contribution < 1.29 is 13.5 Å². The third kappa shape index (κ3) is 6.82. The Hall–Kier alpha value is -4.53. The van der Waals surface area contributed by atoms with E-state index >= 15 is 8.78 Å². The highest BCUT2D eigenvalue weighted by Crippen LogP contribution is 2.36. The zero-order valence-corrected chi connectivity index (χ0v) is 25.9. The van der Waals surface area contributed by atoms with Gasteiger partial charge in [-0.25, -0.2) is 13.8 Å². The predicted molar refractivity (Wildman–Crippen MR) is 174 cm³/mol.